The number of halogens is 2. The lowest BCUT2D eigenvalue weighted by atomic mass is 9.96. The van der Waals surface area contributed by atoms with E-state index >= 15 is 0 Å². The Balaban J connectivity index is 1.87. The van der Waals surface area contributed by atoms with Gasteiger partial charge in [0.05, 0.1) is 17.6 Å². The van der Waals surface area contributed by atoms with Gasteiger partial charge in [0.1, 0.15) is 19.0 Å². The lowest BCUT2D eigenvalue weighted by Gasteiger charge is -2.11. The zero-order valence-electron chi connectivity index (χ0n) is 14.4. The number of nitrogens with zero attached hydrogens (tertiary/aromatic N) is 1. The van der Waals surface area contributed by atoms with E-state index in [0.717, 1.165) is 19.2 Å². The SMILES string of the molecule is C=COCCOCC(=O)c1ccc2cnsc2c1Cc1ccc(I)cc1F. The van der Waals surface area contributed by atoms with E-state index in [2.05, 4.69) is 33.5 Å². The van der Waals surface area contributed by atoms with Crippen molar-refractivity contribution < 1.29 is 18.7 Å². The van der Waals surface area contributed by atoms with Gasteiger partial charge in [-0.1, -0.05) is 24.8 Å². The van der Waals surface area contributed by atoms with Crippen molar-refractivity contribution in [3.05, 3.63) is 75.4 Å². The molecule has 0 amide bonds. The van der Waals surface area contributed by atoms with Gasteiger partial charge in [-0.15, -0.1) is 0 Å². The van der Waals surface area contributed by atoms with Crippen LogP contribution >= 0.6 is 34.1 Å². The molecule has 0 saturated carbocycles. The summed E-state index contributed by atoms with van der Waals surface area (Å²) in [6.45, 7) is 4.02. The summed E-state index contributed by atoms with van der Waals surface area (Å²) in [5.74, 6) is -0.426. The number of fused-ring (bicyclic) bond motifs is 1. The van der Waals surface area contributed by atoms with Gasteiger partial charge in [-0.25, -0.2) is 4.39 Å². The van der Waals surface area contributed by atoms with E-state index in [1.54, 1.807) is 18.3 Å². The molecule has 140 valence electrons. The first-order chi connectivity index (χ1) is 13.1. The first kappa shape index (κ1) is 19.9. The lowest BCUT2D eigenvalue weighted by molar-refractivity contribution is 0.0638. The van der Waals surface area contributed by atoms with Crippen molar-refractivity contribution in [3.63, 3.8) is 0 Å². The fourth-order valence-corrected chi connectivity index (χ4v) is 3.96. The number of carbonyl (C=O) groups excluding carboxylic acids is 1. The molecular formula is C20H17FINO3S. The molecule has 0 spiro atoms. The molecule has 0 fully saturated rings. The van der Waals surface area contributed by atoms with Crippen LogP contribution in [0.4, 0.5) is 4.39 Å². The molecule has 0 unspecified atom stereocenters. The Bertz CT molecular complexity index is 973. The Hall–Kier alpha value is -1.84. The quantitative estimate of drug-likeness (QED) is 0.181. The number of ketones is 1. The molecule has 0 saturated heterocycles. The van der Waals surface area contributed by atoms with E-state index in [1.165, 1.54) is 23.9 Å². The summed E-state index contributed by atoms with van der Waals surface area (Å²) in [6.07, 6.45) is 3.41. The molecule has 2 aromatic carbocycles. The Morgan fingerprint density at radius 2 is 2.15 bits per heavy atom. The van der Waals surface area contributed by atoms with Crippen molar-refractivity contribution in [2.24, 2.45) is 0 Å². The lowest BCUT2D eigenvalue weighted by Crippen LogP contribution is -2.14. The van der Waals surface area contributed by atoms with E-state index in [1.807, 2.05) is 12.1 Å². The van der Waals surface area contributed by atoms with Gasteiger partial charge in [-0.3, -0.25) is 4.79 Å². The third-order valence-corrected chi connectivity index (χ3v) is 5.55. The summed E-state index contributed by atoms with van der Waals surface area (Å²) in [6, 6.07) is 8.74. The molecule has 0 atom stereocenters. The number of hydrogen-bond donors (Lipinski definition) is 0. The van der Waals surface area contributed by atoms with Gasteiger partial charge >= 0.3 is 0 Å². The van der Waals surface area contributed by atoms with E-state index in [-0.39, 0.29) is 18.2 Å². The smallest absolute Gasteiger partial charge is 0.188 e. The summed E-state index contributed by atoms with van der Waals surface area (Å²) in [5, 5.41) is 0.942. The molecule has 0 N–H and O–H groups in total. The Labute approximate surface area is 174 Å². The normalized spacial score (nSPS) is 10.9. The van der Waals surface area contributed by atoms with Crippen LogP contribution in [0, 0.1) is 9.39 Å². The first-order valence-electron chi connectivity index (χ1n) is 8.24. The van der Waals surface area contributed by atoms with Crippen LogP contribution in [0.25, 0.3) is 10.1 Å². The van der Waals surface area contributed by atoms with E-state index in [0.29, 0.717) is 30.8 Å². The summed E-state index contributed by atoms with van der Waals surface area (Å²) in [5.41, 5.74) is 1.87. The van der Waals surface area contributed by atoms with Gasteiger partial charge in [0.15, 0.2) is 5.78 Å². The van der Waals surface area contributed by atoms with Crippen molar-refractivity contribution in [3.8, 4) is 0 Å². The molecule has 0 aliphatic carbocycles. The van der Waals surface area contributed by atoms with Crippen LogP contribution in [-0.4, -0.2) is 30.0 Å². The third-order valence-electron chi connectivity index (χ3n) is 4.01. The molecule has 7 heteroatoms. The fourth-order valence-electron chi connectivity index (χ4n) is 2.72. The maximum atomic E-state index is 14.4. The van der Waals surface area contributed by atoms with Crippen LogP contribution in [0.1, 0.15) is 21.5 Å². The highest BCUT2D eigenvalue weighted by atomic mass is 127. The summed E-state index contributed by atoms with van der Waals surface area (Å²) < 4.78 is 30.7. The van der Waals surface area contributed by atoms with Crippen LogP contribution in [0.3, 0.4) is 0 Å². The monoisotopic (exact) mass is 497 g/mol. The van der Waals surface area contributed by atoms with Gasteiger partial charge < -0.3 is 9.47 Å². The topological polar surface area (TPSA) is 48.4 Å². The first-order valence-corrected chi connectivity index (χ1v) is 10.1. The summed E-state index contributed by atoms with van der Waals surface area (Å²) >= 11 is 3.38. The number of benzene rings is 2. The Morgan fingerprint density at radius 1 is 1.30 bits per heavy atom. The number of hydrogen-bond acceptors (Lipinski definition) is 5. The van der Waals surface area contributed by atoms with E-state index in [9.17, 15) is 9.18 Å². The van der Waals surface area contributed by atoms with Crippen LogP contribution in [0.15, 0.2) is 49.4 Å². The highest BCUT2D eigenvalue weighted by molar-refractivity contribution is 14.1. The fraction of sp³-hybridized carbons (Fsp3) is 0.200. The van der Waals surface area contributed by atoms with Gasteiger partial charge in [0.25, 0.3) is 0 Å². The number of rotatable bonds is 9. The highest BCUT2D eigenvalue weighted by Gasteiger charge is 2.18. The Kier molecular flexibility index (Phi) is 6.92. The number of carbonyl (C=O) groups is 1. The zero-order chi connectivity index (χ0) is 19.2. The van der Waals surface area contributed by atoms with Crippen molar-refractivity contribution in [1.29, 1.82) is 0 Å². The zero-order valence-corrected chi connectivity index (χ0v) is 17.4. The van der Waals surface area contributed by atoms with Crippen molar-refractivity contribution in [1.82, 2.24) is 4.37 Å². The van der Waals surface area contributed by atoms with Gasteiger partial charge in [0.2, 0.25) is 0 Å². The molecule has 3 aromatic rings. The molecule has 0 aliphatic rings. The number of ether oxygens (including phenoxy) is 2. The second-order valence-corrected chi connectivity index (χ2v) is 7.81. The number of aromatic nitrogens is 1. The third kappa shape index (κ3) is 4.91. The predicted molar refractivity (Wildman–Crippen MR) is 113 cm³/mol. The average molecular weight is 497 g/mol. The standard InChI is InChI=1S/C20H17FINO3S/c1-2-25-7-8-26-12-19(24)16-6-4-14-11-23-27-20(14)17(16)9-13-3-5-15(22)10-18(13)21/h2-6,10-11H,1,7-9,12H2. The van der Waals surface area contributed by atoms with Gasteiger partial charge in [-0.2, -0.15) is 4.37 Å². The van der Waals surface area contributed by atoms with E-state index < -0.39 is 0 Å². The second-order valence-electron chi connectivity index (χ2n) is 5.76. The molecule has 0 radical (unpaired) electrons. The van der Waals surface area contributed by atoms with E-state index in [4.69, 9.17) is 9.47 Å². The maximum absolute atomic E-state index is 14.4. The highest BCUT2D eigenvalue weighted by Crippen LogP contribution is 2.29. The largest absolute Gasteiger partial charge is 0.499 e. The molecule has 1 heterocycles. The van der Waals surface area contributed by atoms with Crippen LogP contribution < -0.4 is 0 Å². The minimum atomic E-state index is -0.278. The second kappa shape index (κ2) is 9.38. The Morgan fingerprint density at radius 3 is 2.93 bits per heavy atom. The molecule has 27 heavy (non-hydrogen) atoms. The number of Topliss-reactive ketones (excluding diaryl/α,β-unsaturated/α-hetero) is 1. The van der Waals surface area contributed by atoms with Crippen LogP contribution in [0.5, 0.6) is 0 Å². The molecule has 4 nitrogen and oxygen atoms in total. The molecular weight excluding hydrogens is 480 g/mol. The van der Waals surface area contributed by atoms with Crippen molar-refractivity contribution >= 4 is 50.0 Å². The van der Waals surface area contributed by atoms with Crippen LogP contribution in [-0.2, 0) is 15.9 Å². The van der Waals surface area contributed by atoms with Crippen molar-refractivity contribution in [2.45, 2.75) is 6.42 Å². The molecule has 0 bridgehead atoms. The summed E-state index contributed by atoms with van der Waals surface area (Å²) in [4.78, 5) is 12.7. The van der Waals surface area contributed by atoms with Gasteiger partial charge in [0, 0.05) is 27.1 Å². The molecule has 0 aliphatic heterocycles. The van der Waals surface area contributed by atoms with Crippen molar-refractivity contribution in [2.75, 3.05) is 19.8 Å². The minimum absolute atomic E-state index is 0.0625. The molecule has 3 rings (SSSR count). The molecule has 1 aromatic heterocycles. The maximum Gasteiger partial charge on any atom is 0.188 e. The predicted octanol–water partition coefficient (Wildman–Crippen LogP) is 4.99. The van der Waals surface area contributed by atoms with Gasteiger partial charge in [-0.05, 0) is 57.4 Å². The van der Waals surface area contributed by atoms with Crippen LogP contribution in [0.2, 0.25) is 0 Å². The summed E-state index contributed by atoms with van der Waals surface area (Å²) in [7, 11) is 0. The average Bonchev–Trinajstić information content (AvgIpc) is 3.13. The minimum Gasteiger partial charge on any atom is -0.499 e.